The van der Waals surface area contributed by atoms with Gasteiger partial charge < -0.3 is 14.8 Å². The molecule has 1 amide bonds. The van der Waals surface area contributed by atoms with E-state index in [1.54, 1.807) is 25.3 Å². The Kier molecular flexibility index (Phi) is 5.57. The van der Waals surface area contributed by atoms with Crippen LogP contribution < -0.4 is 10.1 Å². The highest BCUT2D eigenvalue weighted by Gasteiger charge is 2.36. The maximum atomic E-state index is 14.0. The van der Waals surface area contributed by atoms with Gasteiger partial charge in [0.15, 0.2) is 0 Å². The number of hydrogen-bond donors (Lipinski definition) is 1. The molecule has 1 unspecified atom stereocenters. The van der Waals surface area contributed by atoms with Crippen molar-refractivity contribution in [1.82, 2.24) is 5.32 Å². The van der Waals surface area contributed by atoms with Crippen LogP contribution >= 0.6 is 0 Å². The van der Waals surface area contributed by atoms with Gasteiger partial charge in [0.1, 0.15) is 17.2 Å². The minimum atomic E-state index is -0.516. The van der Waals surface area contributed by atoms with Gasteiger partial charge in [-0.1, -0.05) is 18.2 Å². The Bertz CT molecular complexity index is 793. The number of carbonyl (C=O) groups is 1. The third-order valence-corrected chi connectivity index (χ3v) is 4.58. The molecule has 0 spiro atoms. The second kappa shape index (κ2) is 7.87. The van der Waals surface area contributed by atoms with Gasteiger partial charge in [-0.05, 0) is 48.7 Å². The van der Waals surface area contributed by atoms with E-state index in [9.17, 15) is 9.18 Å². The summed E-state index contributed by atoms with van der Waals surface area (Å²) in [5.41, 5.74) is 1.71. The lowest BCUT2D eigenvalue weighted by Crippen LogP contribution is -2.33. The first-order chi connectivity index (χ1) is 12.5. The number of amides is 1. The van der Waals surface area contributed by atoms with E-state index < -0.39 is 5.60 Å². The van der Waals surface area contributed by atoms with Crippen LogP contribution in [0.25, 0.3) is 0 Å². The number of nitrogens with one attached hydrogen (secondary N) is 1. The third-order valence-electron chi connectivity index (χ3n) is 4.58. The molecule has 2 aromatic carbocycles. The highest BCUT2D eigenvalue weighted by molar-refractivity contribution is 5.94. The molecule has 0 saturated carbocycles. The fourth-order valence-electron chi connectivity index (χ4n) is 3.33. The van der Waals surface area contributed by atoms with E-state index in [4.69, 9.17) is 9.47 Å². The average Bonchev–Trinajstić information content (AvgIpc) is 2.95. The number of fused-ring (bicyclic) bond motifs is 1. The number of rotatable bonds is 7. The van der Waals surface area contributed by atoms with E-state index in [2.05, 4.69) is 5.32 Å². The molecule has 0 bridgehead atoms. The molecule has 2 aromatic rings. The highest BCUT2D eigenvalue weighted by Crippen LogP contribution is 2.37. The topological polar surface area (TPSA) is 47.6 Å². The van der Waals surface area contributed by atoms with Crippen LogP contribution in [-0.2, 0) is 17.6 Å². The number of methoxy groups -OCH3 is 1. The number of ether oxygens (including phenoxy) is 2. The number of hydrogen-bond acceptors (Lipinski definition) is 3. The number of carbonyl (C=O) groups excluding carboxylic acids is 1. The molecule has 0 saturated heterocycles. The Hall–Kier alpha value is -2.40. The SMILES string of the molecule is COCCCNC(=O)c1ccc2c(c1)CC(C)(Cc1ccccc1F)O2. The number of benzene rings is 2. The molecule has 1 heterocycles. The van der Waals surface area contributed by atoms with Crippen LogP contribution in [0.5, 0.6) is 5.75 Å². The number of halogens is 1. The molecule has 5 heteroatoms. The third kappa shape index (κ3) is 4.22. The van der Waals surface area contributed by atoms with E-state index in [0.717, 1.165) is 17.7 Å². The van der Waals surface area contributed by atoms with Crippen molar-refractivity contribution in [2.24, 2.45) is 0 Å². The van der Waals surface area contributed by atoms with Crippen LogP contribution in [0, 0.1) is 5.82 Å². The van der Waals surface area contributed by atoms with Gasteiger partial charge in [-0.2, -0.15) is 0 Å². The molecule has 1 aliphatic heterocycles. The Labute approximate surface area is 153 Å². The van der Waals surface area contributed by atoms with Crippen LogP contribution in [0.3, 0.4) is 0 Å². The molecular weight excluding hydrogens is 333 g/mol. The Morgan fingerprint density at radius 1 is 1.31 bits per heavy atom. The average molecular weight is 357 g/mol. The van der Waals surface area contributed by atoms with Crippen LogP contribution in [0.1, 0.15) is 34.8 Å². The van der Waals surface area contributed by atoms with E-state index in [1.807, 2.05) is 25.1 Å². The fraction of sp³-hybridized carbons (Fsp3) is 0.381. The Morgan fingerprint density at radius 2 is 2.12 bits per heavy atom. The van der Waals surface area contributed by atoms with E-state index in [1.165, 1.54) is 6.07 Å². The molecule has 0 aliphatic carbocycles. The van der Waals surface area contributed by atoms with Gasteiger partial charge in [-0.3, -0.25) is 4.79 Å². The van der Waals surface area contributed by atoms with Crippen LogP contribution in [0.2, 0.25) is 0 Å². The first-order valence-electron chi connectivity index (χ1n) is 8.83. The molecule has 0 fully saturated rings. The van der Waals surface area contributed by atoms with E-state index in [-0.39, 0.29) is 11.7 Å². The molecule has 1 N–H and O–H groups in total. The second-order valence-corrected chi connectivity index (χ2v) is 6.92. The first-order valence-corrected chi connectivity index (χ1v) is 8.83. The standard InChI is InChI=1S/C21H24FNO3/c1-21(13-16-6-3-4-7-18(16)22)14-17-12-15(8-9-19(17)26-21)20(24)23-10-5-11-25-2/h3-4,6-9,12H,5,10-11,13-14H2,1-2H3,(H,23,24). The summed E-state index contributed by atoms with van der Waals surface area (Å²) in [6.45, 7) is 3.17. The molecule has 26 heavy (non-hydrogen) atoms. The smallest absolute Gasteiger partial charge is 0.251 e. The molecule has 4 nitrogen and oxygen atoms in total. The van der Waals surface area contributed by atoms with Crippen molar-refractivity contribution in [3.05, 3.63) is 65.0 Å². The van der Waals surface area contributed by atoms with Gasteiger partial charge in [-0.15, -0.1) is 0 Å². The van der Waals surface area contributed by atoms with Gasteiger partial charge >= 0.3 is 0 Å². The van der Waals surface area contributed by atoms with E-state index in [0.29, 0.717) is 37.1 Å². The quantitative estimate of drug-likeness (QED) is 0.771. The molecule has 1 atom stereocenters. The van der Waals surface area contributed by atoms with Crippen molar-refractivity contribution in [2.75, 3.05) is 20.3 Å². The minimum Gasteiger partial charge on any atom is -0.487 e. The lowest BCUT2D eigenvalue weighted by molar-refractivity contribution is 0.0948. The monoisotopic (exact) mass is 357 g/mol. The van der Waals surface area contributed by atoms with Crippen molar-refractivity contribution in [2.45, 2.75) is 31.8 Å². The minimum absolute atomic E-state index is 0.105. The molecule has 3 rings (SSSR count). The maximum Gasteiger partial charge on any atom is 0.251 e. The predicted octanol–water partition coefficient (Wildman–Crippen LogP) is 3.53. The molecule has 1 aliphatic rings. The zero-order chi connectivity index (χ0) is 18.6. The summed E-state index contributed by atoms with van der Waals surface area (Å²) in [6, 6.07) is 12.2. The van der Waals surface area contributed by atoms with Gasteiger partial charge in [0.05, 0.1) is 0 Å². The normalized spacial score (nSPS) is 18.3. The van der Waals surface area contributed by atoms with Crippen LogP contribution in [0.4, 0.5) is 4.39 Å². The van der Waals surface area contributed by atoms with Crippen LogP contribution in [0.15, 0.2) is 42.5 Å². The first kappa shape index (κ1) is 18.4. The highest BCUT2D eigenvalue weighted by atomic mass is 19.1. The van der Waals surface area contributed by atoms with Crippen LogP contribution in [-0.4, -0.2) is 31.8 Å². The van der Waals surface area contributed by atoms with Gasteiger partial charge in [0.25, 0.3) is 5.91 Å². The summed E-state index contributed by atoms with van der Waals surface area (Å²) >= 11 is 0. The van der Waals surface area contributed by atoms with Crippen molar-refractivity contribution < 1.29 is 18.7 Å². The molecule has 0 aromatic heterocycles. The summed E-state index contributed by atoms with van der Waals surface area (Å²) in [7, 11) is 1.64. The largest absolute Gasteiger partial charge is 0.487 e. The van der Waals surface area contributed by atoms with Crippen molar-refractivity contribution in [3.8, 4) is 5.75 Å². The summed E-state index contributed by atoms with van der Waals surface area (Å²) in [5.74, 6) is 0.441. The lowest BCUT2D eigenvalue weighted by atomic mass is 9.91. The Morgan fingerprint density at radius 3 is 2.88 bits per heavy atom. The van der Waals surface area contributed by atoms with Crippen molar-refractivity contribution in [3.63, 3.8) is 0 Å². The van der Waals surface area contributed by atoms with Gasteiger partial charge in [0, 0.05) is 38.7 Å². The lowest BCUT2D eigenvalue weighted by Gasteiger charge is -2.24. The molecule has 0 radical (unpaired) electrons. The predicted molar refractivity (Wildman–Crippen MR) is 98.1 cm³/mol. The summed E-state index contributed by atoms with van der Waals surface area (Å²) in [5, 5.41) is 2.88. The van der Waals surface area contributed by atoms with Crippen molar-refractivity contribution >= 4 is 5.91 Å². The van der Waals surface area contributed by atoms with Gasteiger partial charge in [-0.25, -0.2) is 4.39 Å². The summed E-state index contributed by atoms with van der Waals surface area (Å²) < 4.78 is 25.0. The molecular formula is C21H24FNO3. The summed E-state index contributed by atoms with van der Waals surface area (Å²) in [4.78, 5) is 12.3. The van der Waals surface area contributed by atoms with Gasteiger partial charge in [0.2, 0.25) is 0 Å². The summed E-state index contributed by atoms with van der Waals surface area (Å²) in [6.07, 6.45) is 1.89. The zero-order valence-corrected chi connectivity index (χ0v) is 15.2. The Balaban J connectivity index is 1.67. The van der Waals surface area contributed by atoms with Crippen molar-refractivity contribution in [1.29, 1.82) is 0 Å². The molecule has 138 valence electrons. The maximum absolute atomic E-state index is 14.0. The van der Waals surface area contributed by atoms with E-state index >= 15 is 0 Å². The fourth-order valence-corrected chi connectivity index (χ4v) is 3.33. The zero-order valence-electron chi connectivity index (χ0n) is 15.2. The second-order valence-electron chi connectivity index (χ2n) is 6.92.